The Kier molecular flexibility index (Phi) is 17.1. The first-order valence-corrected chi connectivity index (χ1v) is 26.3. The molecule has 0 amide bonds. The first-order chi connectivity index (χ1) is 34.7. The molecule has 13 nitrogen and oxygen atoms in total. The highest BCUT2D eigenvalue weighted by molar-refractivity contribution is 7.93. The molecule has 0 radical (unpaired) electrons. The van der Waals surface area contributed by atoms with E-state index in [4.69, 9.17) is 46.9 Å². The van der Waals surface area contributed by atoms with Gasteiger partial charge in [0.25, 0.3) is 20.0 Å². The number of fused-ring (bicyclic) bond motifs is 2. The van der Waals surface area contributed by atoms with Gasteiger partial charge in [0.1, 0.15) is 36.3 Å². The largest absolute Gasteiger partial charge is 0.494 e. The molecule has 0 aromatic heterocycles. The van der Waals surface area contributed by atoms with E-state index in [1.54, 1.807) is 63.2 Å². The lowest BCUT2D eigenvalue weighted by Crippen LogP contribution is -2.49. The third kappa shape index (κ3) is 11.5. The molecule has 0 aliphatic carbocycles. The standard InChI is InChI=1S/C27H26ClF2NO6S.C25H24ClF2NO5S/c1-4-36-27(32)20-12-17-8-9-18(37-15-21-22(28)6-5-7-23(21)29)13-25(17)31(16(20)2)38(33,34)19-10-11-24(30)26(14-19)35-3;1-15-17(13-30)10-16-6-7-18(34-14-20-21(26)4-3-5-22(20)27)11-24(16)29(15)35(31,32)19-8-9-23(28)25(12-19)33-2/h5-11,13-14,16,20H,4,12,15H2,1-3H3;3-9,11-12,15,17,30H,10,13-14H2,1-2H3/t16-,20-;15-,17+/m11/s1. The van der Waals surface area contributed by atoms with E-state index in [0.717, 1.165) is 34.6 Å². The number of carbonyl (C=O) groups excluding carboxylic acids is 1. The van der Waals surface area contributed by atoms with Gasteiger partial charge >= 0.3 is 5.97 Å². The fraction of sp³-hybridized carbons (Fsp3) is 0.288. The van der Waals surface area contributed by atoms with Crippen molar-refractivity contribution in [3.8, 4) is 23.0 Å². The maximum absolute atomic E-state index is 14.2. The number of rotatable bonds is 15. The van der Waals surface area contributed by atoms with Crippen molar-refractivity contribution in [2.75, 3.05) is 36.0 Å². The van der Waals surface area contributed by atoms with Crippen molar-refractivity contribution in [1.82, 2.24) is 0 Å². The van der Waals surface area contributed by atoms with Crippen LogP contribution >= 0.6 is 23.2 Å². The summed E-state index contributed by atoms with van der Waals surface area (Å²) >= 11 is 12.2. The van der Waals surface area contributed by atoms with Gasteiger partial charge in [-0.05, 0) is 105 Å². The Balaban J connectivity index is 0.000000214. The van der Waals surface area contributed by atoms with Crippen molar-refractivity contribution >= 4 is 60.6 Å². The molecule has 388 valence electrons. The van der Waals surface area contributed by atoms with Crippen LogP contribution in [0.25, 0.3) is 0 Å². The summed E-state index contributed by atoms with van der Waals surface area (Å²) in [5.41, 5.74) is 2.24. The molecule has 2 aliphatic heterocycles. The Morgan fingerprint density at radius 2 is 1.08 bits per heavy atom. The summed E-state index contributed by atoms with van der Waals surface area (Å²) in [5, 5.41) is 10.3. The van der Waals surface area contributed by atoms with Crippen molar-refractivity contribution in [2.24, 2.45) is 11.8 Å². The summed E-state index contributed by atoms with van der Waals surface area (Å²) in [4.78, 5) is 12.4. The van der Waals surface area contributed by atoms with Crippen molar-refractivity contribution in [3.63, 3.8) is 0 Å². The number of nitrogens with zero attached hydrogens (tertiary/aromatic N) is 2. The molecule has 0 spiro atoms. The average Bonchev–Trinajstić information content (AvgIpc) is 3.35. The van der Waals surface area contributed by atoms with Gasteiger partial charge < -0.3 is 28.8 Å². The second kappa shape index (κ2) is 22.9. The van der Waals surface area contributed by atoms with Crippen LogP contribution in [0.1, 0.15) is 43.0 Å². The lowest BCUT2D eigenvalue weighted by molar-refractivity contribution is -0.148. The van der Waals surface area contributed by atoms with Crippen LogP contribution in [0.2, 0.25) is 10.0 Å². The van der Waals surface area contributed by atoms with E-state index in [0.29, 0.717) is 29.0 Å². The zero-order valence-electron chi connectivity index (χ0n) is 40.0. The third-order valence-corrected chi connectivity index (χ3v) is 17.1. The summed E-state index contributed by atoms with van der Waals surface area (Å²) in [6.07, 6.45) is 0.679. The Morgan fingerprint density at radius 1 is 0.630 bits per heavy atom. The van der Waals surface area contributed by atoms with Crippen molar-refractivity contribution < 1.29 is 68.0 Å². The van der Waals surface area contributed by atoms with Gasteiger partial charge in [-0.2, -0.15) is 0 Å². The second-order valence-electron chi connectivity index (χ2n) is 16.9. The Hall–Kier alpha value is -6.25. The van der Waals surface area contributed by atoms with Crippen LogP contribution in [-0.4, -0.2) is 67.4 Å². The first-order valence-electron chi connectivity index (χ1n) is 22.7. The monoisotopic (exact) mass is 1090 g/mol. The minimum absolute atomic E-state index is 0.141. The van der Waals surface area contributed by atoms with Gasteiger partial charge in [0.05, 0.1) is 64.0 Å². The van der Waals surface area contributed by atoms with Crippen LogP contribution in [0.4, 0.5) is 28.9 Å². The summed E-state index contributed by atoms with van der Waals surface area (Å²) in [7, 11) is -6.00. The number of hydrogen-bond acceptors (Lipinski definition) is 11. The zero-order chi connectivity index (χ0) is 52.9. The molecule has 8 rings (SSSR count). The minimum atomic E-state index is -4.31. The molecule has 6 aromatic carbocycles. The van der Waals surface area contributed by atoms with E-state index < -0.39 is 67.3 Å². The second-order valence-corrected chi connectivity index (χ2v) is 21.4. The minimum Gasteiger partial charge on any atom is -0.494 e. The van der Waals surface area contributed by atoms with Crippen LogP contribution in [0.5, 0.6) is 23.0 Å². The van der Waals surface area contributed by atoms with E-state index in [2.05, 4.69) is 0 Å². The number of anilines is 2. The summed E-state index contributed by atoms with van der Waals surface area (Å²) in [6.45, 7) is 4.56. The Labute approximate surface area is 430 Å². The topological polar surface area (TPSA) is 158 Å². The summed E-state index contributed by atoms with van der Waals surface area (Å²) in [5.74, 6) is -3.98. The number of aliphatic hydroxyl groups excluding tert-OH is 1. The molecule has 2 heterocycles. The highest BCUT2D eigenvalue weighted by Crippen LogP contribution is 2.43. The molecule has 2 aliphatic rings. The highest BCUT2D eigenvalue weighted by Gasteiger charge is 2.44. The molecule has 1 N–H and O–H groups in total. The molecule has 0 saturated carbocycles. The van der Waals surface area contributed by atoms with Crippen molar-refractivity contribution in [2.45, 2.75) is 68.7 Å². The quantitative estimate of drug-likeness (QED) is 0.0771. The van der Waals surface area contributed by atoms with E-state index in [1.165, 1.54) is 54.9 Å². The maximum atomic E-state index is 14.2. The number of hydrogen-bond donors (Lipinski definition) is 1. The normalized spacial score (nSPS) is 17.4. The molecule has 0 saturated heterocycles. The first kappa shape index (κ1) is 54.5. The van der Waals surface area contributed by atoms with Gasteiger partial charge in [0.15, 0.2) is 23.1 Å². The van der Waals surface area contributed by atoms with E-state index in [9.17, 15) is 44.3 Å². The van der Waals surface area contributed by atoms with Gasteiger partial charge in [-0.15, -0.1) is 0 Å². The zero-order valence-corrected chi connectivity index (χ0v) is 43.1. The summed E-state index contributed by atoms with van der Waals surface area (Å²) in [6, 6.07) is 23.4. The number of halogens is 6. The van der Waals surface area contributed by atoms with E-state index in [1.807, 2.05) is 0 Å². The number of aliphatic hydroxyl groups is 1. The van der Waals surface area contributed by atoms with E-state index in [-0.39, 0.29) is 92.7 Å². The van der Waals surface area contributed by atoms with Crippen LogP contribution in [0.3, 0.4) is 0 Å². The molecule has 6 aromatic rings. The van der Waals surface area contributed by atoms with Gasteiger partial charge in [0, 0.05) is 54.0 Å². The predicted octanol–water partition coefficient (Wildman–Crippen LogP) is 10.5. The number of esters is 1. The maximum Gasteiger partial charge on any atom is 0.311 e. The molecule has 73 heavy (non-hydrogen) atoms. The summed E-state index contributed by atoms with van der Waals surface area (Å²) < 4.78 is 141. The van der Waals surface area contributed by atoms with Crippen LogP contribution in [0.15, 0.2) is 119 Å². The van der Waals surface area contributed by atoms with E-state index >= 15 is 0 Å². The average molecular weight is 1090 g/mol. The predicted molar refractivity (Wildman–Crippen MR) is 267 cm³/mol. The fourth-order valence-electron chi connectivity index (χ4n) is 8.60. The molecule has 0 bridgehead atoms. The number of carbonyl (C=O) groups is 1. The molecular formula is C52H50Cl2F4N2O11S2. The molecule has 0 fully saturated rings. The Morgan fingerprint density at radius 3 is 1.51 bits per heavy atom. The molecule has 0 unspecified atom stereocenters. The number of benzene rings is 6. The van der Waals surface area contributed by atoms with Crippen LogP contribution in [0, 0.1) is 35.1 Å². The highest BCUT2D eigenvalue weighted by atomic mass is 35.5. The Bertz CT molecular complexity index is 3200. The van der Waals surface area contributed by atoms with Crippen LogP contribution in [-0.2, 0) is 55.6 Å². The van der Waals surface area contributed by atoms with Gasteiger partial charge in [-0.3, -0.25) is 13.4 Å². The van der Waals surface area contributed by atoms with Crippen molar-refractivity contribution in [1.29, 1.82) is 0 Å². The number of sulfonamides is 2. The SMILES string of the molecule is CCOC(=O)[C@@H]1Cc2ccc(OCc3c(F)cccc3Cl)cc2N(S(=O)(=O)c2ccc(F)c(OC)c2)[C@@H]1C.COc1cc(S(=O)(=O)N2c3cc(OCc4c(F)cccc4Cl)ccc3C[C@@H](CO)[C@H]2C)ccc1F. The lowest BCUT2D eigenvalue weighted by atomic mass is 9.88. The van der Waals surface area contributed by atoms with Gasteiger partial charge in [-0.1, -0.05) is 47.5 Å². The molecule has 21 heteroatoms. The number of ether oxygens (including phenoxy) is 5. The van der Waals surface area contributed by atoms with Gasteiger partial charge in [0.2, 0.25) is 0 Å². The molecular weight excluding hydrogens is 1040 g/mol. The van der Waals surface area contributed by atoms with Gasteiger partial charge in [-0.25, -0.2) is 34.4 Å². The number of methoxy groups -OCH3 is 2. The molecule has 4 atom stereocenters. The van der Waals surface area contributed by atoms with Crippen molar-refractivity contribution in [3.05, 3.63) is 165 Å². The third-order valence-electron chi connectivity index (χ3n) is 12.6. The fourth-order valence-corrected chi connectivity index (χ4v) is 12.5. The van der Waals surface area contributed by atoms with Crippen LogP contribution < -0.4 is 27.6 Å². The lowest BCUT2D eigenvalue weighted by Gasteiger charge is -2.40. The smallest absolute Gasteiger partial charge is 0.311 e.